The Morgan fingerprint density at radius 2 is 0.800 bits per heavy atom. The molecule has 6 aliphatic carbocycles. The van der Waals surface area contributed by atoms with Crippen LogP contribution < -0.4 is 0 Å². The van der Waals surface area contributed by atoms with Gasteiger partial charge in [-0.15, -0.1) is 0 Å². The minimum atomic E-state index is 1.25. The van der Waals surface area contributed by atoms with Gasteiger partial charge in [-0.1, -0.05) is 0 Å². The average Bonchev–Trinajstić information content (AvgIpc) is 2.23. The summed E-state index contributed by atoms with van der Waals surface area (Å²) in [4.78, 5) is 0. The van der Waals surface area contributed by atoms with Gasteiger partial charge in [0.1, 0.15) is 0 Å². The normalized spacial score (nSPS) is 91.2. The molecule has 12 atom stereocenters. The molecular weight excluding hydrogens is 180 g/mol. The van der Waals surface area contributed by atoms with Crippen molar-refractivity contribution in [1.29, 1.82) is 0 Å². The highest BCUT2D eigenvalue weighted by Crippen LogP contribution is 2.91. The maximum atomic E-state index is 1.71. The van der Waals surface area contributed by atoms with Crippen LogP contribution in [0.4, 0.5) is 0 Å². The molecule has 0 heteroatoms. The van der Waals surface area contributed by atoms with Crippen molar-refractivity contribution in [2.75, 3.05) is 0 Å². The number of rotatable bonds is 0. The van der Waals surface area contributed by atoms with E-state index in [-0.39, 0.29) is 0 Å². The van der Waals surface area contributed by atoms with Gasteiger partial charge in [0.25, 0.3) is 0 Å². The molecule has 0 spiro atoms. The van der Waals surface area contributed by atoms with Crippen molar-refractivity contribution >= 4 is 0 Å². The fourth-order valence-electron chi connectivity index (χ4n) is 8.98. The summed E-state index contributed by atoms with van der Waals surface area (Å²) in [5.74, 6) is 15.5. The van der Waals surface area contributed by atoms with Crippen molar-refractivity contribution in [3.8, 4) is 0 Å². The van der Waals surface area contributed by atoms with Gasteiger partial charge < -0.3 is 0 Å². The number of hydrogen-bond acceptors (Lipinski definition) is 0. The standard InChI is InChI=1S/C15H18/c1-2-5-7-3-6-4(1)8-10(6)14-12(8)15-11(7)9(5)13(14)15/h4-15H,1-3H2/t4?,5?,6-,7?,8?,9?,10-,11?,12?,13?,14?,15?/m0/s1. The molecule has 0 aromatic rings. The summed E-state index contributed by atoms with van der Waals surface area (Å²) < 4.78 is 0. The first-order valence-corrected chi connectivity index (χ1v) is 7.47. The largest absolute Gasteiger partial charge is 0.0496 e. The molecule has 15 heavy (non-hydrogen) atoms. The number of fused-ring (bicyclic) bond motifs is 16. The topological polar surface area (TPSA) is 0 Å². The van der Waals surface area contributed by atoms with Gasteiger partial charge in [-0.2, -0.15) is 0 Å². The lowest BCUT2D eigenvalue weighted by Crippen LogP contribution is -2.87. The molecule has 6 rings (SSSR count). The molecule has 0 amide bonds. The van der Waals surface area contributed by atoms with E-state index < -0.39 is 0 Å². The van der Waals surface area contributed by atoms with Gasteiger partial charge in [-0.25, -0.2) is 0 Å². The SMILES string of the molecule is C1CC2C3C4C5C6C7C[C@@H]2[C@@H]3C4C5C6C17. The minimum absolute atomic E-state index is 1.25. The third-order valence-corrected chi connectivity index (χ3v) is 8.90. The third-order valence-electron chi connectivity index (χ3n) is 8.90. The molecule has 78 valence electrons. The summed E-state index contributed by atoms with van der Waals surface area (Å²) in [6, 6.07) is 0. The van der Waals surface area contributed by atoms with Gasteiger partial charge in [0.05, 0.1) is 0 Å². The smallest absolute Gasteiger partial charge is 0.0312 e. The van der Waals surface area contributed by atoms with Gasteiger partial charge in [0, 0.05) is 0 Å². The second kappa shape index (κ2) is 1.56. The van der Waals surface area contributed by atoms with Crippen LogP contribution in [0.3, 0.4) is 0 Å². The van der Waals surface area contributed by atoms with Crippen LogP contribution in [0, 0.1) is 71.0 Å². The molecule has 0 aromatic carbocycles. The van der Waals surface area contributed by atoms with Crippen LogP contribution in [0.5, 0.6) is 0 Å². The zero-order valence-corrected chi connectivity index (χ0v) is 9.05. The van der Waals surface area contributed by atoms with Crippen molar-refractivity contribution in [3.05, 3.63) is 0 Å². The first kappa shape index (κ1) is 6.67. The molecule has 0 radical (unpaired) electrons. The molecule has 0 N–H and O–H groups in total. The molecule has 0 nitrogen and oxygen atoms in total. The lowest BCUT2D eigenvalue weighted by molar-refractivity contribution is -0.435. The van der Waals surface area contributed by atoms with E-state index in [2.05, 4.69) is 0 Å². The number of hydrogen-bond donors (Lipinski definition) is 0. The van der Waals surface area contributed by atoms with E-state index in [1.807, 2.05) is 0 Å². The summed E-state index contributed by atoms with van der Waals surface area (Å²) >= 11 is 0. The molecule has 0 bridgehead atoms. The lowest BCUT2D eigenvalue weighted by atomic mass is 9.14. The van der Waals surface area contributed by atoms with Crippen LogP contribution in [0.2, 0.25) is 0 Å². The highest BCUT2D eigenvalue weighted by molar-refractivity contribution is 5.34. The van der Waals surface area contributed by atoms with Crippen molar-refractivity contribution in [2.24, 2.45) is 71.0 Å². The van der Waals surface area contributed by atoms with Crippen molar-refractivity contribution in [1.82, 2.24) is 0 Å². The Hall–Kier alpha value is 0. The van der Waals surface area contributed by atoms with Crippen LogP contribution in [0.15, 0.2) is 0 Å². The van der Waals surface area contributed by atoms with E-state index in [4.69, 9.17) is 0 Å². The van der Waals surface area contributed by atoms with E-state index in [9.17, 15) is 0 Å². The molecule has 0 heterocycles. The van der Waals surface area contributed by atoms with Crippen molar-refractivity contribution < 1.29 is 0 Å². The predicted molar refractivity (Wildman–Crippen MR) is 55.7 cm³/mol. The van der Waals surface area contributed by atoms with Crippen molar-refractivity contribution in [2.45, 2.75) is 19.3 Å². The summed E-state index contributed by atoms with van der Waals surface area (Å²) in [5, 5.41) is 0. The first-order chi connectivity index (χ1) is 7.47. The molecule has 6 saturated carbocycles. The quantitative estimate of drug-likeness (QED) is 0.525. The van der Waals surface area contributed by atoms with Crippen LogP contribution in [-0.4, -0.2) is 0 Å². The zero-order chi connectivity index (χ0) is 9.05. The average molecular weight is 198 g/mol. The van der Waals surface area contributed by atoms with Crippen LogP contribution in [0.1, 0.15) is 19.3 Å². The van der Waals surface area contributed by atoms with Crippen molar-refractivity contribution in [3.63, 3.8) is 0 Å². The molecule has 6 fully saturated rings. The summed E-state index contributed by atoms with van der Waals surface area (Å²) in [5.41, 5.74) is 0. The maximum absolute atomic E-state index is 1.71. The lowest BCUT2D eigenvalue weighted by Gasteiger charge is -2.90. The Balaban J connectivity index is 1.56. The second-order valence-corrected chi connectivity index (χ2v) is 8.09. The Morgan fingerprint density at radius 3 is 1.27 bits per heavy atom. The molecule has 6 aliphatic rings. The summed E-state index contributed by atoms with van der Waals surface area (Å²) in [6.45, 7) is 0. The van der Waals surface area contributed by atoms with E-state index in [0.29, 0.717) is 0 Å². The summed E-state index contributed by atoms with van der Waals surface area (Å²) in [7, 11) is 0. The van der Waals surface area contributed by atoms with E-state index in [1.54, 1.807) is 19.3 Å². The fourth-order valence-corrected chi connectivity index (χ4v) is 8.98. The molecular formula is C15H18. The Kier molecular flexibility index (Phi) is 0.691. The molecule has 0 aromatic heterocycles. The Labute approximate surface area is 90.8 Å². The van der Waals surface area contributed by atoms with Crippen LogP contribution >= 0.6 is 0 Å². The zero-order valence-electron chi connectivity index (χ0n) is 9.05. The highest BCUT2D eigenvalue weighted by Gasteiger charge is 2.87. The third kappa shape index (κ3) is 0.378. The maximum Gasteiger partial charge on any atom is -0.0312 e. The first-order valence-electron chi connectivity index (χ1n) is 7.47. The van der Waals surface area contributed by atoms with E-state index in [1.165, 1.54) is 71.0 Å². The van der Waals surface area contributed by atoms with Gasteiger partial charge in [-0.05, 0) is 90.3 Å². The van der Waals surface area contributed by atoms with Gasteiger partial charge in [0.15, 0.2) is 0 Å². The van der Waals surface area contributed by atoms with Gasteiger partial charge in [0.2, 0.25) is 0 Å². The Bertz CT molecular complexity index is 294. The predicted octanol–water partition coefficient (Wildman–Crippen LogP) is 2.65. The van der Waals surface area contributed by atoms with E-state index >= 15 is 0 Å². The molecule has 0 saturated heterocycles. The van der Waals surface area contributed by atoms with Gasteiger partial charge in [-0.3, -0.25) is 0 Å². The fraction of sp³-hybridized carbons (Fsp3) is 1.00. The summed E-state index contributed by atoms with van der Waals surface area (Å²) in [6.07, 6.45) is 5.04. The Morgan fingerprint density at radius 1 is 0.400 bits per heavy atom. The molecule has 0 aliphatic heterocycles. The molecule has 10 unspecified atom stereocenters. The van der Waals surface area contributed by atoms with Crippen LogP contribution in [-0.2, 0) is 0 Å². The second-order valence-electron chi connectivity index (χ2n) is 8.09. The minimum Gasteiger partial charge on any atom is -0.0496 e. The monoisotopic (exact) mass is 198 g/mol. The van der Waals surface area contributed by atoms with E-state index in [0.717, 1.165) is 0 Å². The van der Waals surface area contributed by atoms with Crippen LogP contribution in [0.25, 0.3) is 0 Å². The highest BCUT2D eigenvalue weighted by atomic mass is 14.9. The van der Waals surface area contributed by atoms with Gasteiger partial charge >= 0.3 is 0 Å².